The van der Waals surface area contributed by atoms with Gasteiger partial charge < -0.3 is 19.7 Å². The number of nitrogens with one attached hydrogen (secondary N) is 1. The summed E-state index contributed by atoms with van der Waals surface area (Å²) in [7, 11) is 0. The Kier molecular flexibility index (Phi) is 4.40. The van der Waals surface area contributed by atoms with Crippen LogP contribution in [0.15, 0.2) is 36.8 Å². The molecule has 1 aromatic heterocycles. The smallest absolute Gasteiger partial charge is 0.272 e. The Morgan fingerprint density at radius 3 is 3.00 bits per heavy atom. The molecule has 2 aromatic rings. The summed E-state index contributed by atoms with van der Waals surface area (Å²) in [4.78, 5) is 20.6. The molecule has 0 spiro atoms. The summed E-state index contributed by atoms with van der Waals surface area (Å²) in [6, 6.07) is 6.38. The Hall–Kier alpha value is -2.25. The molecule has 1 amide bonds. The fourth-order valence-corrected chi connectivity index (χ4v) is 2.81. The van der Waals surface area contributed by atoms with Crippen LogP contribution in [0.2, 0.25) is 0 Å². The number of aliphatic hydroxyl groups is 1. The first kappa shape index (κ1) is 15.6. The topological polar surface area (TPSA) is 78.5 Å². The fourth-order valence-electron chi connectivity index (χ4n) is 2.81. The number of hydrogen-bond donors (Lipinski definition) is 2. The number of amides is 1. The molecular formula is C16H18FN3O3. The Balaban J connectivity index is 1.79. The molecule has 6 nitrogen and oxygen atoms in total. The van der Waals surface area contributed by atoms with Gasteiger partial charge in [-0.25, -0.2) is 9.37 Å². The van der Waals surface area contributed by atoms with Crippen molar-refractivity contribution < 1.29 is 19.0 Å². The van der Waals surface area contributed by atoms with Gasteiger partial charge in [0.2, 0.25) is 0 Å². The van der Waals surface area contributed by atoms with Crippen molar-refractivity contribution in [2.45, 2.75) is 12.0 Å². The fraction of sp³-hybridized carbons (Fsp3) is 0.375. The third-order valence-corrected chi connectivity index (χ3v) is 4.02. The Bertz CT molecular complexity index is 677. The van der Waals surface area contributed by atoms with E-state index in [1.807, 2.05) is 0 Å². The maximum absolute atomic E-state index is 13.9. The molecule has 1 aromatic carbocycles. The molecule has 23 heavy (non-hydrogen) atoms. The van der Waals surface area contributed by atoms with E-state index in [1.54, 1.807) is 23.1 Å². The van der Waals surface area contributed by atoms with Crippen LogP contribution in [-0.2, 0) is 11.2 Å². The van der Waals surface area contributed by atoms with Gasteiger partial charge in [0.25, 0.3) is 5.91 Å². The number of halogens is 1. The summed E-state index contributed by atoms with van der Waals surface area (Å²) in [5, 5.41) is 9.82. The van der Waals surface area contributed by atoms with E-state index >= 15 is 0 Å². The molecular weight excluding hydrogens is 301 g/mol. The van der Waals surface area contributed by atoms with Crippen molar-refractivity contribution in [2.75, 3.05) is 26.3 Å². The number of rotatable bonds is 4. The van der Waals surface area contributed by atoms with E-state index in [-0.39, 0.29) is 37.9 Å². The predicted octanol–water partition coefficient (Wildman–Crippen LogP) is 0.995. The molecule has 2 N–H and O–H groups in total. The number of carbonyl (C=O) groups excluding carboxylic acids is 1. The van der Waals surface area contributed by atoms with Crippen LogP contribution in [-0.4, -0.2) is 57.8 Å². The van der Waals surface area contributed by atoms with Crippen LogP contribution in [0, 0.1) is 5.82 Å². The Labute approximate surface area is 132 Å². The first-order chi connectivity index (χ1) is 11.1. The van der Waals surface area contributed by atoms with Gasteiger partial charge in [-0.2, -0.15) is 0 Å². The summed E-state index contributed by atoms with van der Waals surface area (Å²) >= 11 is 0. The van der Waals surface area contributed by atoms with E-state index < -0.39 is 5.60 Å². The highest BCUT2D eigenvalue weighted by molar-refractivity contribution is 5.92. The van der Waals surface area contributed by atoms with Crippen LogP contribution in [0.5, 0.6) is 0 Å². The van der Waals surface area contributed by atoms with Crippen LogP contribution < -0.4 is 0 Å². The highest BCUT2D eigenvalue weighted by Gasteiger charge is 2.39. The zero-order valence-corrected chi connectivity index (χ0v) is 12.5. The lowest BCUT2D eigenvalue weighted by Gasteiger charge is -2.41. The van der Waals surface area contributed by atoms with Gasteiger partial charge in [0.05, 0.1) is 32.3 Å². The molecule has 0 radical (unpaired) electrons. The number of H-pyrrole nitrogens is 1. The number of nitrogens with zero attached hydrogens (tertiary/aromatic N) is 2. The van der Waals surface area contributed by atoms with Crippen molar-refractivity contribution in [3.63, 3.8) is 0 Å². The van der Waals surface area contributed by atoms with Gasteiger partial charge in [0, 0.05) is 13.0 Å². The maximum Gasteiger partial charge on any atom is 0.272 e. The van der Waals surface area contributed by atoms with Crippen molar-refractivity contribution in [3.8, 4) is 0 Å². The van der Waals surface area contributed by atoms with Crippen LogP contribution in [0.25, 0.3) is 0 Å². The number of benzene rings is 1. The monoisotopic (exact) mass is 319 g/mol. The molecule has 1 aliphatic heterocycles. The van der Waals surface area contributed by atoms with Gasteiger partial charge in [0.1, 0.15) is 17.1 Å². The molecule has 3 rings (SSSR count). The molecule has 0 bridgehead atoms. The van der Waals surface area contributed by atoms with Gasteiger partial charge in [-0.3, -0.25) is 4.79 Å². The van der Waals surface area contributed by atoms with Gasteiger partial charge in [-0.1, -0.05) is 18.2 Å². The van der Waals surface area contributed by atoms with Crippen LogP contribution in [0.3, 0.4) is 0 Å². The van der Waals surface area contributed by atoms with E-state index in [9.17, 15) is 14.3 Å². The Morgan fingerprint density at radius 2 is 2.30 bits per heavy atom. The summed E-state index contributed by atoms with van der Waals surface area (Å²) in [5.74, 6) is -0.557. The third kappa shape index (κ3) is 3.25. The maximum atomic E-state index is 13.9. The summed E-state index contributed by atoms with van der Waals surface area (Å²) in [6.45, 7) is 0.593. The number of imidazole rings is 1. The minimum atomic E-state index is -1.00. The van der Waals surface area contributed by atoms with Crippen LogP contribution in [0.4, 0.5) is 4.39 Å². The average molecular weight is 319 g/mol. The van der Waals surface area contributed by atoms with E-state index in [4.69, 9.17) is 4.74 Å². The van der Waals surface area contributed by atoms with Gasteiger partial charge in [-0.15, -0.1) is 0 Å². The first-order valence-electron chi connectivity index (χ1n) is 7.39. The third-order valence-electron chi connectivity index (χ3n) is 4.02. The number of ether oxygens (including phenoxy) is 1. The van der Waals surface area contributed by atoms with Gasteiger partial charge in [0.15, 0.2) is 0 Å². The lowest BCUT2D eigenvalue weighted by molar-refractivity contribution is -0.124. The van der Waals surface area contributed by atoms with E-state index in [1.165, 1.54) is 18.6 Å². The van der Waals surface area contributed by atoms with Crippen LogP contribution >= 0.6 is 0 Å². The van der Waals surface area contributed by atoms with Crippen molar-refractivity contribution in [1.29, 1.82) is 0 Å². The lowest BCUT2D eigenvalue weighted by atomic mass is 9.92. The first-order valence-corrected chi connectivity index (χ1v) is 7.39. The van der Waals surface area contributed by atoms with E-state index in [2.05, 4.69) is 9.97 Å². The van der Waals surface area contributed by atoms with Gasteiger partial charge >= 0.3 is 0 Å². The number of aromatic amines is 1. The number of morpholine rings is 1. The number of hydrogen-bond acceptors (Lipinski definition) is 4. The molecule has 0 saturated carbocycles. The quantitative estimate of drug-likeness (QED) is 0.881. The second-order valence-corrected chi connectivity index (χ2v) is 5.65. The zero-order valence-electron chi connectivity index (χ0n) is 12.5. The SMILES string of the molecule is O=C(c1cnc[nH]1)N1CCO[C@@](CO)(Cc2ccccc2F)C1. The molecule has 1 atom stereocenters. The molecule has 7 heteroatoms. The highest BCUT2D eigenvalue weighted by atomic mass is 19.1. The van der Waals surface area contributed by atoms with Crippen molar-refractivity contribution >= 4 is 5.91 Å². The minimum Gasteiger partial charge on any atom is -0.393 e. The summed E-state index contributed by atoms with van der Waals surface area (Å²) in [5.41, 5.74) is -0.169. The van der Waals surface area contributed by atoms with Crippen molar-refractivity contribution in [2.24, 2.45) is 0 Å². The molecule has 0 aliphatic carbocycles. The molecule has 0 unspecified atom stereocenters. The summed E-state index contributed by atoms with van der Waals surface area (Å²) < 4.78 is 19.6. The largest absolute Gasteiger partial charge is 0.393 e. The number of aliphatic hydroxyl groups excluding tert-OH is 1. The predicted molar refractivity (Wildman–Crippen MR) is 80.4 cm³/mol. The molecule has 1 fully saturated rings. The standard InChI is InChI=1S/C16H18FN3O3/c17-13-4-2-1-3-12(13)7-16(10-21)9-20(5-6-23-16)15(22)14-8-18-11-19-14/h1-4,8,11,21H,5-7,9-10H2,(H,18,19)/t16-/m0/s1. The Morgan fingerprint density at radius 1 is 1.48 bits per heavy atom. The van der Waals surface area contributed by atoms with Crippen molar-refractivity contribution in [1.82, 2.24) is 14.9 Å². The lowest BCUT2D eigenvalue weighted by Crippen LogP contribution is -2.57. The summed E-state index contributed by atoms with van der Waals surface area (Å²) in [6.07, 6.45) is 3.09. The number of carbonyl (C=O) groups is 1. The highest BCUT2D eigenvalue weighted by Crippen LogP contribution is 2.25. The number of aromatic nitrogens is 2. The zero-order chi connectivity index (χ0) is 16.3. The minimum absolute atomic E-state index is 0.190. The van der Waals surface area contributed by atoms with E-state index in [0.29, 0.717) is 17.8 Å². The van der Waals surface area contributed by atoms with Crippen molar-refractivity contribution in [3.05, 3.63) is 53.9 Å². The second kappa shape index (κ2) is 6.47. The normalized spacial score (nSPS) is 21.4. The van der Waals surface area contributed by atoms with E-state index in [0.717, 1.165) is 0 Å². The molecule has 122 valence electrons. The second-order valence-electron chi connectivity index (χ2n) is 5.65. The molecule has 1 saturated heterocycles. The molecule has 2 heterocycles. The van der Waals surface area contributed by atoms with Gasteiger partial charge in [-0.05, 0) is 11.6 Å². The van der Waals surface area contributed by atoms with Crippen LogP contribution in [0.1, 0.15) is 16.1 Å². The molecule has 1 aliphatic rings. The average Bonchev–Trinajstić information content (AvgIpc) is 3.11.